The molecule has 0 aromatic heterocycles. The van der Waals surface area contributed by atoms with Crippen LogP contribution in [-0.4, -0.2) is 40.3 Å². The molecule has 1 fully saturated rings. The molecule has 1 aromatic rings. The molecule has 0 aliphatic carbocycles. The van der Waals surface area contributed by atoms with Crippen molar-refractivity contribution in [1.82, 2.24) is 9.80 Å². The Balaban J connectivity index is 1.96. The number of likely N-dealkylation sites (tertiary alicyclic amines) is 1. The fraction of sp³-hybridized carbons (Fsp3) is 0.591. The van der Waals surface area contributed by atoms with E-state index in [1.807, 2.05) is 19.9 Å². The zero-order chi connectivity index (χ0) is 19.3. The maximum Gasteiger partial charge on any atom is 0.0970 e. The zero-order valence-electron chi connectivity index (χ0n) is 16.9. The molecule has 4 nitrogen and oxygen atoms in total. The largest absolute Gasteiger partial charge is 0.332 e. The highest BCUT2D eigenvalue weighted by Crippen LogP contribution is 2.30. The van der Waals surface area contributed by atoms with Gasteiger partial charge in [0, 0.05) is 36.4 Å². The quantitative estimate of drug-likeness (QED) is 0.531. The Morgan fingerprint density at radius 3 is 2.54 bits per heavy atom. The fourth-order valence-corrected chi connectivity index (χ4v) is 4.43. The molecule has 1 aliphatic heterocycles. The van der Waals surface area contributed by atoms with Gasteiger partial charge in [0.15, 0.2) is 0 Å². The summed E-state index contributed by atoms with van der Waals surface area (Å²) in [6.45, 7) is 13.5. The van der Waals surface area contributed by atoms with E-state index < -0.39 is 0 Å². The summed E-state index contributed by atoms with van der Waals surface area (Å²) in [5.74, 6) is 0.577. The predicted molar refractivity (Wildman–Crippen MR) is 111 cm³/mol. The van der Waals surface area contributed by atoms with Crippen LogP contribution in [0.5, 0.6) is 0 Å². The molecule has 0 amide bonds. The summed E-state index contributed by atoms with van der Waals surface area (Å²) in [7, 11) is 0. The van der Waals surface area contributed by atoms with Crippen LogP contribution < -0.4 is 5.73 Å². The molecule has 0 spiro atoms. The molecule has 2 rings (SSSR count). The molecule has 26 heavy (non-hydrogen) atoms. The predicted octanol–water partition coefficient (Wildman–Crippen LogP) is 4.54. The van der Waals surface area contributed by atoms with Gasteiger partial charge in [0.25, 0.3) is 0 Å². The monoisotopic (exact) mass is 356 g/mol. The third kappa shape index (κ3) is 5.18. The average Bonchev–Trinajstić information content (AvgIpc) is 2.92. The first kappa shape index (κ1) is 20.7. The summed E-state index contributed by atoms with van der Waals surface area (Å²) in [4.78, 5) is 4.69. The van der Waals surface area contributed by atoms with E-state index in [2.05, 4.69) is 54.5 Å². The first-order valence-electron chi connectivity index (χ1n) is 9.87. The Morgan fingerprint density at radius 2 is 1.96 bits per heavy atom. The van der Waals surface area contributed by atoms with E-state index in [1.165, 1.54) is 18.4 Å². The molecule has 1 aliphatic rings. The second-order valence-electron chi connectivity index (χ2n) is 7.90. The van der Waals surface area contributed by atoms with Gasteiger partial charge in [0.1, 0.15) is 0 Å². The molecule has 0 radical (unpaired) electrons. The van der Waals surface area contributed by atoms with Gasteiger partial charge in [-0.05, 0) is 58.9 Å². The number of amidine groups is 1. The van der Waals surface area contributed by atoms with Crippen LogP contribution in [0.1, 0.15) is 65.0 Å². The third-order valence-corrected chi connectivity index (χ3v) is 5.71. The minimum absolute atomic E-state index is 0.0952. The highest BCUT2D eigenvalue weighted by atomic mass is 15.2. The van der Waals surface area contributed by atoms with Gasteiger partial charge in [0.2, 0.25) is 0 Å². The third-order valence-electron chi connectivity index (χ3n) is 5.71. The van der Waals surface area contributed by atoms with Crippen molar-refractivity contribution in [2.75, 3.05) is 6.54 Å². The van der Waals surface area contributed by atoms with Crippen molar-refractivity contribution in [2.24, 2.45) is 5.73 Å². The number of nitrogens with two attached hydrogens (primary N) is 1. The van der Waals surface area contributed by atoms with Crippen LogP contribution in [0, 0.1) is 5.41 Å². The first-order chi connectivity index (χ1) is 12.3. The smallest absolute Gasteiger partial charge is 0.0970 e. The molecule has 0 saturated carbocycles. The van der Waals surface area contributed by atoms with Crippen molar-refractivity contribution in [3.05, 3.63) is 48.2 Å². The zero-order valence-corrected chi connectivity index (χ0v) is 16.9. The van der Waals surface area contributed by atoms with Gasteiger partial charge in [-0.25, -0.2) is 0 Å². The molecule has 4 unspecified atom stereocenters. The number of allylic oxidation sites excluding steroid dienone is 1. The lowest BCUT2D eigenvalue weighted by molar-refractivity contribution is 0.168. The first-order valence-corrected chi connectivity index (χ1v) is 9.87. The van der Waals surface area contributed by atoms with Crippen molar-refractivity contribution >= 4 is 5.84 Å². The normalized spacial score (nSPS) is 22.8. The number of hydrogen-bond donors (Lipinski definition) is 2. The molecule has 1 aromatic carbocycles. The molecular formula is C22H36N4. The van der Waals surface area contributed by atoms with Crippen molar-refractivity contribution in [1.29, 1.82) is 5.41 Å². The number of rotatable bonds is 8. The van der Waals surface area contributed by atoms with Crippen LogP contribution in [-0.2, 0) is 0 Å². The molecule has 1 saturated heterocycles. The summed E-state index contributed by atoms with van der Waals surface area (Å²) in [5, 5.41) is 8.04. The molecule has 0 bridgehead atoms. The van der Waals surface area contributed by atoms with Gasteiger partial charge in [-0.15, -0.1) is 0 Å². The van der Waals surface area contributed by atoms with Gasteiger partial charge >= 0.3 is 0 Å². The Hall–Kier alpha value is -1.65. The van der Waals surface area contributed by atoms with E-state index >= 15 is 0 Å². The minimum atomic E-state index is 0.0952. The number of nitrogens with one attached hydrogen (secondary N) is 1. The summed E-state index contributed by atoms with van der Waals surface area (Å²) < 4.78 is 0. The van der Waals surface area contributed by atoms with Gasteiger partial charge < -0.3 is 10.6 Å². The van der Waals surface area contributed by atoms with E-state index in [0.29, 0.717) is 24.0 Å². The Morgan fingerprint density at radius 1 is 1.31 bits per heavy atom. The van der Waals surface area contributed by atoms with Gasteiger partial charge in [-0.1, -0.05) is 36.9 Å². The maximum atomic E-state index is 8.04. The Labute approximate surface area is 159 Å². The topological polar surface area (TPSA) is 56.4 Å². The van der Waals surface area contributed by atoms with E-state index in [1.54, 1.807) is 0 Å². The second kappa shape index (κ2) is 9.33. The molecule has 3 N–H and O–H groups in total. The van der Waals surface area contributed by atoms with Crippen LogP contribution in [0.15, 0.2) is 42.6 Å². The lowest BCUT2D eigenvalue weighted by atomic mass is 10.0. The summed E-state index contributed by atoms with van der Waals surface area (Å²) in [6, 6.07) is 12.0. The second-order valence-corrected chi connectivity index (χ2v) is 7.90. The summed E-state index contributed by atoms with van der Waals surface area (Å²) in [6.07, 6.45) is 4.52. The van der Waals surface area contributed by atoms with Crippen LogP contribution in [0.25, 0.3) is 0 Å². The molecule has 1 heterocycles. The Bertz CT molecular complexity index is 583. The number of nitrogens with zero attached hydrogens (tertiary/aromatic N) is 2. The van der Waals surface area contributed by atoms with Crippen molar-refractivity contribution in [2.45, 2.75) is 77.5 Å². The van der Waals surface area contributed by atoms with E-state index in [9.17, 15) is 0 Å². The van der Waals surface area contributed by atoms with Gasteiger partial charge in [-0.2, -0.15) is 0 Å². The van der Waals surface area contributed by atoms with Crippen molar-refractivity contribution in [3.8, 4) is 0 Å². The van der Waals surface area contributed by atoms with Crippen LogP contribution in [0.2, 0.25) is 0 Å². The molecule has 4 heteroatoms. The van der Waals surface area contributed by atoms with Crippen molar-refractivity contribution < 1.29 is 0 Å². The molecule has 4 atom stereocenters. The lowest BCUT2D eigenvalue weighted by Crippen LogP contribution is -2.42. The summed E-state index contributed by atoms with van der Waals surface area (Å²) >= 11 is 0. The number of hydrogen-bond acceptors (Lipinski definition) is 3. The van der Waals surface area contributed by atoms with Crippen molar-refractivity contribution in [3.63, 3.8) is 0 Å². The van der Waals surface area contributed by atoms with E-state index in [4.69, 9.17) is 11.1 Å². The van der Waals surface area contributed by atoms with Crippen LogP contribution >= 0.6 is 0 Å². The highest BCUT2D eigenvalue weighted by Gasteiger charge is 2.32. The van der Waals surface area contributed by atoms with Crippen LogP contribution in [0.4, 0.5) is 0 Å². The molecule has 144 valence electrons. The molecular weight excluding hydrogens is 320 g/mol. The Kier molecular flexibility index (Phi) is 7.42. The SMILES string of the molecule is C=C(C)N(C(C)=N)C(C)CC1CCC(C)N1CCC(N)c1ccccc1. The minimum Gasteiger partial charge on any atom is -0.332 e. The average molecular weight is 357 g/mol. The van der Waals surface area contributed by atoms with E-state index in [0.717, 1.165) is 25.1 Å². The van der Waals surface area contributed by atoms with Gasteiger partial charge in [-0.3, -0.25) is 10.3 Å². The lowest BCUT2D eigenvalue weighted by Gasteiger charge is -2.36. The standard InChI is InChI=1S/C22H36N4/c1-16(2)26(19(5)23)18(4)15-21-12-11-17(3)25(21)14-13-22(24)20-9-7-6-8-10-20/h6-10,17-18,21-23H,1,11-15,24H2,2-5H3. The van der Waals surface area contributed by atoms with E-state index in [-0.39, 0.29) is 6.04 Å². The fourth-order valence-electron chi connectivity index (χ4n) is 4.43. The summed E-state index contributed by atoms with van der Waals surface area (Å²) in [5.41, 5.74) is 8.59. The maximum absolute atomic E-state index is 8.04. The van der Waals surface area contributed by atoms with Crippen LogP contribution in [0.3, 0.4) is 0 Å². The highest BCUT2D eigenvalue weighted by molar-refractivity contribution is 5.78. The van der Waals surface area contributed by atoms with Gasteiger partial charge in [0.05, 0.1) is 5.84 Å². The number of benzene rings is 1.